The molecule has 0 saturated carbocycles. The summed E-state index contributed by atoms with van der Waals surface area (Å²) < 4.78 is 76.7. The van der Waals surface area contributed by atoms with E-state index in [4.69, 9.17) is 14.6 Å². The Morgan fingerprint density at radius 1 is 1.10 bits per heavy atom. The van der Waals surface area contributed by atoms with Crippen molar-refractivity contribution in [1.82, 2.24) is 5.32 Å². The first-order chi connectivity index (χ1) is 19.0. The first kappa shape index (κ1) is 34.8. The van der Waals surface area contributed by atoms with Crippen LogP contribution in [0.3, 0.4) is 0 Å². The summed E-state index contributed by atoms with van der Waals surface area (Å²) in [4.78, 5) is 28.2. The number of aliphatic carboxylic acids is 1. The molecule has 0 saturated heterocycles. The van der Waals surface area contributed by atoms with Gasteiger partial charge in [0.15, 0.2) is 9.84 Å². The SMILES string of the molecule is CCCCC1(CCCC)CS(=O)(=O)c2cc(CP(=O)(O)O)c(OC)cc2C(c2ccccc2)N1.O=C(O)C(F)(F)F. The maximum atomic E-state index is 13.9. The van der Waals surface area contributed by atoms with Gasteiger partial charge in [-0.1, -0.05) is 69.9 Å². The molecule has 0 amide bonds. The van der Waals surface area contributed by atoms with Gasteiger partial charge < -0.3 is 19.6 Å². The fourth-order valence-corrected chi connectivity index (χ4v) is 7.67. The minimum atomic E-state index is -5.08. The molecule has 230 valence electrons. The lowest BCUT2D eigenvalue weighted by Gasteiger charge is -2.37. The summed E-state index contributed by atoms with van der Waals surface area (Å²) in [5, 5.41) is 10.9. The van der Waals surface area contributed by atoms with E-state index in [1.165, 1.54) is 13.2 Å². The van der Waals surface area contributed by atoms with Crippen molar-refractivity contribution in [3.05, 3.63) is 59.2 Å². The van der Waals surface area contributed by atoms with Crippen molar-refractivity contribution in [3.63, 3.8) is 0 Å². The fraction of sp³-hybridized carbons (Fsp3) is 0.519. The third-order valence-corrected chi connectivity index (χ3v) is 9.45. The van der Waals surface area contributed by atoms with Crippen molar-refractivity contribution < 1.29 is 50.6 Å². The van der Waals surface area contributed by atoms with Gasteiger partial charge in [0.2, 0.25) is 0 Å². The average Bonchev–Trinajstić information content (AvgIpc) is 2.97. The summed E-state index contributed by atoms with van der Waals surface area (Å²) in [5.41, 5.74) is 1.07. The highest BCUT2D eigenvalue weighted by Crippen LogP contribution is 2.46. The Kier molecular flexibility index (Phi) is 12.0. The normalized spacial score (nSPS) is 17.9. The van der Waals surface area contributed by atoms with Crippen LogP contribution >= 0.6 is 7.60 Å². The van der Waals surface area contributed by atoms with E-state index in [-0.39, 0.29) is 22.0 Å². The predicted molar refractivity (Wildman–Crippen MR) is 148 cm³/mol. The van der Waals surface area contributed by atoms with Crippen molar-refractivity contribution in [2.45, 2.75) is 81.2 Å². The maximum absolute atomic E-state index is 13.9. The number of halogens is 3. The van der Waals surface area contributed by atoms with Crippen LogP contribution in [0.25, 0.3) is 0 Å². The number of sulfone groups is 1. The molecule has 0 fully saturated rings. The van der Waals surface area contributed by atoms with Gasteiger partial charge in [0.05, 0.1) is 30.0 Å². The number of fused-ring (bicyclic) bond motifs is 1. The van der Waals surface area contributed by atoms with E-state index in [9.17, 15) is 35.9 Å². The third-order valence-electron chi connectivity index (χ3n) is 6.75. The number of methoxy groups -OCH3 is 1. The number of unbranched alkanes of at least 4 members (excludes halogenated alkanes) is 2. The van der Waals surface area contributed by atoms with Gasteiger partial charge in [0, 0.05) is 11.1 Å². The Morgan fingerprint density at radius 3 is 2.07 bits per heavy atom. The summed E-state index contributed by atoms with van der Waals surface area (Å²) in [7, 11) is -6.77. The number of rotatable bonds is 10. The molecule has 2 aromatic carbocycles. The Morgan fingerprint density at radius 2 is 1.63 bits per heavy atom. The van der Waals surface area contributed by atoms with Gasteiger partial charge in [0.1, 0.15) is 5.75 Å². The lowest BCUT2D eigenvalue weighted by Crippen LogP contribution is -2.50. The van der Waals surface area contributed by atoms with E-state index in [1.807, 2.05) is 30.3 Å². The van der Waals surface area contributed by atoms with E-state index in [1.54, 1.807) is 6.07 Å². The Balaban J connectivity index is 0.000000745. The van der Waals surface area contributed by atoms with Crippen LogP contribution in [0, 0.1) is 0 Å². The molecule has 1 unspecified atom stereocenters. The molecule has 3 rings (SSSR count). The molecule has 0 spiro atoms. The van der Waals surface area contributed by atoms with Crippen LogP contribution in [-0.4, -0.2) is 53.9 Å². The van der Waals surface area contributed by atoms with Gasteiger partial charge in [-0.25, -0.2) is 13.2 Å². The van der Waals surface area contributed by atoms with Crippen LogP contribution in [0.2, 0.25) is 0 Å². The van der Waals surface area contributed by atoms with E-state index in [0.29, 0.717) is 5.56 Å². The summed E-state index contributed by atoms with van der Waals surface area (Å²) in [5.74, 6) is -2.54. The number of hydrogen-bond acceptors (Lipinski definition) is 6. The van der Waals surface area contributed by atoms with E-state index >= 15 is 0 Å². The highest BCUT2D eigenvalue weighted by atomic mass is 32.2. The molecule has 2 aromatic rings. The quantitative estimate of drug-likeness (QED) is 0.248. The third kappa shape index (κ3) is 9.82. The van der Waals surface area contributed by atoms with Gasteiger partial charge in [0.25, 0.3) is 0 Å². The average molecular weight is 624 g/mol. The smallest absolute Gasteiger partial charge is 0.490 e. The molecular weight excluding hydrogens is 586 g/mol. The minimum Gasteiger partial charge on any atom is -0.496 e. The van der Waals surface area contributed by atoms with Gasteiger partial charge in [-0.3, -0.25) is 9.88 Å². The van der Waals surface area contributed by atoms with Crippen LogP contribution in [0.1, 0.15) is 75.1 Å². The second-order valence-corrected chi connectivity index (χ2v) is 13.7. The second kappa shape index (κ2) is 14.2. The summed E-state index contributed by atoms with van der Waals surface area (Å²) >= 11 is 0. The first-order valence-corrected chi connectivity index (χ1v) is 16.5. The van der Waals surface area contributed by atoms with Crippen LogP contribution in [0.5, 0.6) is 5.75 Å². The van der Waals surface area contributed by atoms with Crippen molar-refractivity contribution in [1.29, 1.82) is 0 Å². The summed E-state index contributed by atoms with van der Waals surface area (Å²) in [6, 6.07) is 12.4. The monoisotopic (exact) mass is 623 g/mol. The molecule has 0 radical (unpaired) electrons. The number of carbonyl (C=O) groups is 1. The Labute approximate surface area is 238 Å². The molecule has 0 aromatic heterocycles. The molecule has 1 aliphatic rings. The van der Waals surface area contributed by atoms with Crippen molar-refractivity contribution >= 4 is 23.4 Å². The van der Waals surface area contributed by atoms with Gasteiger partial charge in [-0.2, -0.15) is 13.2 Å². The topological polar surface area (TPSA) is 150 Å². The fourth-order valence-electron chi connectivity index (χ4n) is 4.87. The van der Waals surface area contributed by atoms with E-state index in [0.717, 1.165) is 44.1 Å². The zero-order valence-electron chi connectivity index (χ0n) is 23.1. The predicted octanol–water partition coefficient (Wildman–Crippen LogP) is 5.59. The molecular formula is C27H37F3NO8PS. The Bertz CT molecular complexity index is 1320. The first-order valence-electron chi connectivity index (χ1n) is 13.1. The van der Waals surface area contributed by atoms with Crippen molar-refractivity contribution in [2.24, 2.45) is 0 Å². The zero-order valence-corrected chi connectivity index (χ0v) is 24.9. The van der Waals surface area contributed by atoms with Gasteiger partial charge in [-0.15, -0.1) is 0 Å². The standard InChI is InChI=1S/C25H36NO6PS.C2HF3O2/c1-4-6-13-25(14-7-5-2)18-34(30,31)23-15-20(17-33(27,28)29)22(32-3)16-21(23)24(26-25)19-11-9-8-10-12-19;3-2(4,5)1(6)7/h8-12,15-16,24,26H,4-7,13-14,17-18H2,1-3H3,(H2,27,28,29);(H,6,7). The molecule has 41 heavy (non-hydrogen) atoms. The lowest BCUT2D eigenvalue weighted by atomic mass is 9.86. The molecule has 9 nitrogen and oxygen atoms in total. The molecule has 1 atom stereocenters. The number of benzene rings is 2. The van der Waals surface area contributed by atoms with Crippen LogP contribution in [0.15, 0.2) is 47.4 Å². The largest absolute Gasteiger partial charge is 0.496 e. The van der Waals surface area contributed by atoms with Crippen LogP contribution in [0.4, 0.5) is 13.2 Å². The molecule has 14 heteroatoms. The lowest BCUT2D eigenvalue weighted by molar-refractivity contribution is -0.192. The van der Waals surface area contributed by atoms with Gasteiger partial charge >= 0.3 is 19.7 Å². The van der Waals surface area contributed by atoms with Gasteiger partial charge in [-0.05, 0) is 36.1 Å². The van der Waals surface area contributed by atoms with E-state index in [2.05, 4.69) is 19.2 Å². The highest BCUT2D eigenvalue weighted by Gasteiger charge is 2.43. The zero-order chi connectivity index (χ0) is 31.1. The van der Waals surface area contributed by atoms with Crippen LogP contribution < -0.4 is 10.1 Å². The number of hydrogen-bond donors (Lipinski definition) is 4. The second-order valence-electron chi connectivity index (χ2n) is 10.1. The number of nitrogens with one attached hydrogen (secondary N) is 1. The molecule has 4 N–H and O–H groups in total. The summed E-state index contributed by atoms with van der Waals surface area (Å²) in [6.07, 6.45) is -0.496. The van der Waals surface area contributed by atoms with Crippen LogP contribution in [-0.2, 0) is 25.4 Å². The van der Waals surface area contributed by atoms with Crippen molar-refractivity contribution in [3.8, 4) is 5.75 Å². The molecule has 0 bridgehead atoms. The molecule has 1 aliphatic heterocycles. The molecule has 1 heterocycles. The van der Waals surface area contributed by atoms with Crippen molar-refractivity contribution in [2.75, 3.05) is 12.9 Å². The molecule has 0 aliphatic carbocycles. The number of ether oxygens (including phenoxy) is 1. The maximum Gasteiger partial charge on any atom is 0.490 e. The number of alkyl halides is 3. The number of carboxylic acid groups (broad SMARTS) is 1. The minimum absolute atomic E-state index is 0.0575. The Hall–Kier alpha value is -2.44. The summed E-state index contributed by atoms with van der Waals surface area (Å²) in [6.45, 7) is 4.20. The highest BCUT2D eigenvalue weighted by molar-refractivity contribution is 7.91. The number of carboxylic acids is 1. The van der Waals surface area contributed by atoms with E-state index < -0.39 is 47.3 Å².